The maximum Gasteiger partial charge on any atom is 0.317 e. The fourth-order valence-corrected chi connectivity index (χ4v) is 3.89. The molecule has 6 heteroatoms. The molecule has 0 amide bonds. The Balaban J connectivity index is 2.07. The summed E-state index contributed by atoms with van der Waals surface area (Å²) in [5, 5.41) is 0. The van der Waals surface area contributed by atoms with Crippen molar-refractivity contribution in [2.24, 2.45) is 5.92 Å². The van der Waals surface area contributed by atoms with E-state index in [0.717, 1.165) is 16.7 Å². The zero-order valence-corrected chi connectivity index (χ0v) is 17.6. The van der Waals surface area contributed by atoms with E-state index in [9.17, 15) is 9.59 Å². The van der Waals surface area contributed by atoms with Crippen LogP contribution in [0.5, 0.6) is 17.2 Å². The van der Waals surface area contributed by atoms with Crippen LogP contribution in [0.4, 0.5) is 0 Å². The van der Waals surface area contributed by atoms with Gasteiger partial charge in [0.25, 0.3) is 0 Å². The zero-order valence-electron chi connectivity index (χ0n) is 17.6. The van der Waals surface area contributed by atoms with Crippen LogP contribution in [0.3, 0.4) is 0 Å². The van der Waals surface area contributed by atoms with Crippen molar-refractivity contribution in [3.05, 3.63) is 59.7 Å². The summed E-state index contributed by atoms with van der Waals surface area (Å²) < 4.78 is 21.4. The maximum absolute atomic E-state index is 13.1. The summed E-state index contributed by atoms with van der Waals surface area (Å²) in [7, 11) is 4.72. The molecule has 1 aliphatic carbocycles. The smallest absolute Gasteiger partial charge is 0.317 e. The van der Waals surface area contributed by atoms with Gasteiger partial charge >= 0.3 is 5.97 Å². The number of ketones is 1. The Morgan fingerprint density at radius 2 is 1.67 bits per heavy atom. The van der Waals surface area contributed by atoms with Gasteiger partial charge in [-0.1, -0.05) is 24.3 Å². The van der Waals surface area contributed by atoms with Gasteiger partial charge in [0.2, 0.25) is 0 Å². The third kappa shape index (κ3) is 4.17. The van der Waals surface area contributed by atoms with Gasteiger partial charge in [0, 0.05) is 5.92 Å². The maximum atomic E-state index is 13.1. The van der Waals surface area contributed by atoms with Crippen LogP contribution in [0, 0.1) is 5.92 Å². The molecule has 0 saturated carbocycles. The molecule has 0 spiro atoms. The largest absolute Gasteiger partial charge is 0.496 e. The first-order valence-electron chi connectivity index (χ1n) is 9.80. The minimum atomic E-state index is -0.912. The molecule has 0 radical (unpaired) electrons. The van der Waals surface area contributed by atoms with E-state index in [1.54, 1.807) is 34.3 Å². The Kier molecular flexibility index (Phi) is 6.77. The summed E-state index contributed by atoms with van der Waals surface area (Å²) in [4.78, 5) is 25.8. The van der Waals surface area contributed by atoms with E-state index in [4.69, 9.17) is 18.9 Å². The first-order chi connectivity index (χ1) is 14.5. The van der Waals surface area contributed by atoms with Crippen LogP contribution in [0.2, 0.25) is 0 Å². The zero-order chi connectivity index (χ0) is 21.7. The van der Waals surface area contributed by atoms with Crippen molar-refractivity contribution in [3.63, 3.8) is 0 Å². The van der Waals surface area contributed by atoms with Crippen molar-refractivity contribution in [3.8, 4) is 17.2 Å². The number of ether oxygens (including phenoxy) is 4. The average molecular weight is 410 g/mol. The number of carbonyl (C=O) groups excluding carboxylic acids is 2. The number of para-hydroxylation sites is 1. The van der Waals surface area contributed by atoms with Crippen molar-refractivity contribution < 1.29 is 28.5 Å². The first kappa shape index (κ1) is 21.4. The molecule has 0 aromatic heterocycles. The standard InChI is InChI=1S/C24H26O6/c1-5-30-24(26)23-18(17-8-6-7-9-20(17)27-2)12-16(13-19(23)25)15-10-11-21(28-3)22(14-15)29-4/h6-11,13-14,18,23H,5,12H2,1-4H3. The van der Waals surface area contributed by atoms with Crippen molar-refractivity contribution in [2.75, 3.05) is 27.9 Å². The Hall–Kier alpha value is -3.28. The third-order valence-corrected chi connectivity index (χ3v) is 5.30. The molecule has 30 heavy (non-hydrogen) atoms. The molecule has 0 fully saturated rings. The number of allylic oxidation sites excluding steroid dienone is 2. The van der Waals surface area contributed by atoms with E-state index in [2.05, 4.69) is 0 Å². The third-order valence-electron chi connectivity index (χ3n) is 5.30. The summed E-state index contributed by atoms with van der Waals surface area (Å²) in [6, 6.07) is 13.0. The van der Waals surface area contributed by atoms with Crippen molar-refractivity contribution in [1.82, 2.24) is 0 Å². The van der Waals surface area contributed by atoms with Crippen molar-refractivity contribution in [1.29, 1.82) is 0 Å². The van der Waals surface area contributed by atoms with Crippen LogP contribution >= 0.6 is 0 Å². The van der Waals surface area contributed by atoms with E-state index in [1.165, 1.54) is 6.08 Å². The summed E-state index contributed by atoms with van der Waals surface area (Å²) >= 11 is 0. The summed E-state index contributed by atoms with van der Waals surface area (Å²) in [5.41, 5.74) is 2.46. The molecule has 2 aromatic rings. The highest BCUT2D eigenvalue weighted by molar-refractivity contribution is 6.10. The van der Waals surface area contributed by atoms with Gasteiger partial charge in [-0.15, -0.1) is 0 Å². The molecular formula is C24H26O6. The van der Waals surface area contributed by atoms with E-state index >= 15 is 0 Å². The van der Waals surface area contributed by atoms with Crippen LogP contribution in [0.25, 0.3) is 5.57 Å². The number of hydrogen-bond donors (Lipinski definition) is 0. The highest BCUT2D eigenvalue weighted by Gasteiger charge is 2.41. The number of esters is 1. The molecule has 6 nitrogen and oxygen atoms in total. The SMILES string of the molecule is CCOC(=O)C1C(=O)C=C(c2ccc(OC)c(OC)c2)CC1c1ccccc1OC. The van der Waals surface area contributed by atoms with Gasteiger partial charge in [0.15, 0.2) is 17.3 Å². The van der Waals surface area contributed by atoms with Crippen LogP contribution < -0.4 is 14.2 Å². The fourth-order valence-electron chi connectivity index (χ4n) is 3.89. The van der Waals surface area contributed by atoms with E-state index in [0.29, 0.717) is 23.7 Å². The molecule has 2 unspecified atom stereocenters. The number of benzene rings is 2. The normalized spacial score (nSPS) is 18.4. The van der Waals surface area contributed by atoms with Crippen LogP contribution in [-0.4, -0.2) is 39.7 Å². The molecular weight excluding hydrogens is 384 g/mol. The average Bonchev–Trinajstić information content (AvgIpc) is 2.78. The molecule has 2 aromatic carbocycles. The van der Waals surface area contributed by atoms with Crippen LogP contribution in [-0.2, 0) is 14.3 Å². The number of carbonyl (C=O) groups is 2. The van der Waals surface area contributed by atoms with Crippen molar-refractivity contribution >= 4 is 17.3 Å². The predicted octanol–water partition coefficient (Wildman–Crippen LogP) is 4.03. The lowest BCUT2D eigenvalue weighted by molar-refractivity contribution is -0.151. The van der Waals surface area contributed by atoms with E-state index in [-0.39, 0.29) is 12.4 Å². The highest BCUT2D eigenvalue weighted by Crippen LogP contribution is 2.44. The highest BCUT2D eigenvalue weighted by atomic mass is 16.5. The van der Waals surface area contributed by atoms with Gasteiger partial charge in [-0.05, 0) is 54.3 Å². The molecule has 0 saturated heterocycles. The second kappa shape index (κ2) is 9.48. The lowest BCUT2D eigenvalue weighted by Crippen LogP contribution is -2.34. The van der Waals surface area contributed by atoms with Crippen LogP contribution in [0.1, 0.15) is 30.4 Å². The molecule has 0 aliphatic heterocycles. The lowest BCUT2D eigenvalue weighted by atomic mass is 9.73. The number of hydrogen-bond acceptors (Lipinski definition) is 6. The van der Waals surface area contributed by atoms with Gasteiger partial charge in [0.05, 0.1) is 27.9 Å². The lowest BCUT2D eigenvalue weighted by Gasteiger charge is -2.30. The monoisotopic (exact) mass is 410 g/mol. The van der Waals surface area contributed by atoms with Crippen molar-refractivity contribution in [2.45, 2.75) is 19.3 Å². The van der Waals surface area contributed by atoms with Gasteiger partial charge in [-0.25, -0.2) is 0 Å². The summed E-state index contributed by atoms with van der Waals surface area (Å²) in [6.45, 7) is 1.95. The van der Waals surface area contributed by atoms with E-state index < -0.39 is 17.8 Å². The van der Waals surface area contributed by atoms with Gasteiger partial charge in [-0.3, -0.25) is 9.59 Å². The molecule has 2 atom stereocenters. The molecule has 158 valence electrons. The Morgan fingerprint density at radius 1 is 0.967 bits per heavy atom. The second-order valence-corrected chi connectivity index (χ2v) is 6.92. The Morgan fingerprint density at radius 3 is 2.33 bits per heavy atom. The fraction of sp³-hybridized carbons (Fsp3) is 0.333. The summed E-state index contributed by atoms with van der Waals surface area (Å²) in [6.07, 6.45) is 2.01. The minimum Gasteiger partial charge on any atom is -0.496 e. The van der Waals surface area contributed by atoms with Gasteiger partial charge in [-0.2, -0.15) is 0 Å². The number of rotatable bonds is 7. The molecule has 0 N–H and O–H groups in total. The topological polar surface area (TPSA) is 71.1 Å². The van der Waals surface area contributed by atoms with Gasteiger partial charge in [0.1, 0.15) is 11.7 Å². The second-order valence-electron chi connectivity index (χ2n) is 6.92. The number of methoxy groups -OCH3 is 3. The summed E-state index contributed by atoms with van der Waals surface area (Å²) in [5.74, 6) is -0.287. The van der Waals surface area contributed by atoms with Crippen LogP contribution in [0.15, 0.2) is 48.5 Å². The minimum absolute atomic E-state index is 0.216. The Bertz CT molecular complexity index is 962. The van der Waals surface area contributed by atoms with E-state index in [1.807, 2.05) is 36.4 Å². The Labute approximate surface area is 176 Å². The molecule has 3 rings (SSSR count). The predicted molar refractivity (Wildman–Crippen MR) is 113 cm³/mol. The van der Waals surface area contributed by atoms with Gasteiger partial charge < -0.3 is 18.9 Å². The molecule has 1 aliphatic rings. The molecule has 0 bridgehead atoms. The molecule has 0 heterocycles. The quantitative estimate of drug-likeness (QED) is 0.507. The first-order valence-corrected chi connectivity index (χ1v) is 9.80.